The largest absolute Gasteiger partial charge is 0.467 e. The molecule has 3 heterocycles. The van der Waals surface area contributed by atoms with Crippen LogP contribution < -0.4 is 20.3 Å². The van der Waals surface area contributed by atoms with Gasteiger partial charge in [-0.15, -0.1) is 0 Å². The number of anilines is 2. The van der Waals surface area contributed by atoms with E-state index in [1.165, 1.54) is 7.11 Å². The molecule has 0 bridgehead atoms. The summed E-state index contributed by atoms with van der Waals surface area (Å²) in [5, 5.41) is 11.5. The number of carbonyl (C=O) groups is 1. The van der Waals surface area contributed by atoms with Gasteiger partial charge in [-0.1, -0.05) is 0 Å². The van der Waals surface area contributed by atoms with Crippen molar-refractivity contribution in [3.05, 3.63) is 35.7 Å². The van der Waals surface area contributed by atoms with E-state index in [1.54, 1.807) is 10.9 Å². The molecular formula is C21H27N7O2. The molecule has 9 nitrogen and oxygen atoms in total. The zero-order valence-corrected chi connectivity index (χ0v) is 17.9. The highest BCUT2D eigenvalue weighted by Gasteiger charge is 2.24. The smallest absolute Gasteiger partial charge is 0.316 e. The molecular weight excluding hydrogens is 382 g/mol. The Bertz CT molecular complexity index is 1060. The minimum absolute atomic E-state index is 0.226. The maximum absolute atomic E-state index is 13.1. The Morgan fingerprint density at radius 1 is 1.27 bits per heavy atom. The van der Waals surface area contributed by atoms with Crippen molar-refractivity contribution in [1.82, 2.24) is 25.1 Å². The Balaban J connectivity index is 1.76. The summed E-state index contributed by atoms with van der Waals surface area (Å²) >= 11 is 0. The lowest BCUT2D eigenvalue weighted by atomic mass is 10.0. The molecule has 2 unspecified atom stereocenters. The van der Waals surface area contributed by atoms with Crippen molar-refractivity contribution in [2.45, 2.75) is 32.9 Å². The van der Waals surface area contributed by atoms with E-state index in [0.717, 1.165) is 29.9 Å². The minimum atomic E-state index is -0.271. The number of benzene rings is 1. The summed E-state index contributed by atoms with van der Waals surface area (Å²) in [6, 6.07) is 6.56. The number of rotatable bonds is 4. The fourth-order valence-corrected chi connectivity index (χ4v) is 3.98. The van der Waals surface area contributed by atoms with Crippen LogP contribution in [0, 0.1) is 6.92 Å². The quantitative estimate of drug-likeness (QED) is 0.681. The van der Waals surface area contributed by atoms with Gasteiger partial charge in [0.2, 0.25) is 0 Å². The third-order valence-electron chi connectivity index (χ3n) is 5.39. The lowest BCUT2D eigenvalue weighted by Gasteiger charge is -2.38. The highest BCUT2D eigenvalue weighted by molar-refractivity contribution is 6.13. The van der Waals surface area contributed by atoms with E-state index >= 15 is 0 Å². The second kappa shape index (κ2) is 7.91. The lowest BCUT2D eigenvalue weighted by Crippen LogP contribution is -2.54. The fourth-order valence-electron chi connectivity index (χ4n) is 3.98. The van der Waals surface area contributed by atoms with Gasteiger partial charge in [-0.3, -0.25) is 9.48 Å². The normalized spacial score (nSPS) is 19.2. The van der Waals surface area contributed by atoms with Gasteiger partial charge in [0.05, 0.1) is 18.2 Å². The molecule has 1 aliphatic heterocycles. The summed E-state index contributed by atoms with van der Waals surface area (Å²) in [5.41, 5.74) is 2.98. The molecule has 1 saturated heterocycles. The molecule has 1 aromatic carbocycles. The molecule has 4 rings (SSSR count). The number of hydrogen-bond donors (Lipinski definition) is 2. The van der Waals surface area contributed by atoms with Crippen LogP contribution in [-0.4, -0.2) is 57.9 Å². The van der Waals surface area contributed by atoms with Gasteiger partial charge >= 0.3 is 6.01 Å². The van der Waals surface area contributed by atoms with Crippen LogP contribution in [-0.2, 0) is 7.05 Å². The first kappa shape index (κ1) is 20.1. The van der Waals surface area contributed by atoms with Gasteiger partial charge in [-0.2, -0.15) is 10.1 Å². The summed E-state index contributed by atoms with van der Waals surface area (Å²) < 4.78 is 6.94. The maximum Gasteiger partial charge on any atom is 0.316 e. The van der Waals surface area contributed by atoms with E-state index < -0.39 is 0 Å². The third-order valence-corrected chi connectivity index (χ3v) is 5.39. The van der Waals surface area contributed by atoms with E-state index in [-0.39, 0.29) is 11.9 Å². The van der Waals surface area contributed by atoms with E-state index in [1.807, 2.05) is 32.2 Å². The molecule has 0 radical (unpaired) electrons. The van der Waals surface area contributed by atoms with Crippen LogP contribution in [0.3, 0.4) is 0 Å². The summed E-state index contributed by atoms with van der Waals surface area (Å²) in [7, 11) is 3.35. The number of nitrogens with zero attached hydrogens (tertiary/aromatic N) is 5. The zero-order valence-electron chi connectivity index (χ0n) is 17.9. The second-order valence-corrected chi connectivity index (χ2v) is 7.87. The van der Waals surface area contributed by atoms with E-state index in [2.05, 4.69) is 44.4 Å². The third kappa shape index (κ3) is 3.80. The monoisotopic (exact) mass is 409 g/mol. The molecule has 2 N–H and O–H groups in total. The van der Waals surface area contributed by atoms with Crippen LogP contribution >= 0.6 is 0 Å². The van der Waals surface area contributed by atoms with Gasteiger partial charge in [0.15, 0.2) is 5.82 Å². The Morgan fingerprint density at radius 2 is 2.00 bits per heavy atom. The molecule has 1 amide bonds. The van der Waals surface area contributed by atoms with Crippen molar-refractivity contribution in [2.24, 2.45) is 7.05 Å². The Labute approximate surface area is 175 Å². The highest BCUT2D eigenvalue weighted by atomic mass is 16.5. The number of nitrogens with one attached hydrogen (secondary N) is 2. The molecule has 30 heavy (non-hydrogen) atoms. The first-order valence-electron chi connectivity index (χ1n) is 10.0. The SMILES string of the molecule is COc1ncc2c(N3CC(C)NC(C)C3)ccc(C(=O)Nc3cc(C)n(C)n3)c2n1. The first-order chi connectivity index (χ1) is 14.4. The lowest BCUT2D eigenvalue weighted by molar-refractivity contribution is 0.102. The van der Waals surface area contributed by atoms with E-state index in [4.69, 9.17) is 4.74 Å². The summed E-state index contributed by atoms with van der Waals surface area (Å²) in [5.74, 6) is 0.232. The number of methoxy groups -OCH3 is 1. The predicted molar refractivity (Wildman–Crippen MR) is 116 cm³/mol. The molecule has 0 aliphatic carbocycles. The van der Waals surface area contributed by atoms with Crippen molar-refractivity contribution >= 4 is 28.3 Å². The van der Waals surface area contributed by atoms with Gasteiger partial charge in [0.1, 0.15) is 0 Å². The molecule has 1 aliphatic rings. The Hall–Kier alpha value is -3.20. The topological polar surface area (TPSA) is 97.2 Å². The number of aromatic nitrogens is 4. The molecule has 1 fully saturated rings. The first-order valence-corrected chi connectivity index (χ1v) is 10.0. The number of fused-ring (bicyclic) bond motifs is 1. The highest BCUT2D eigenvalue weighted by Crippen LogP contribution is 2.31. The maximum atomic E-state index is 13.1. The predicted octanol–water partition coefficient (Wildman–Crippen LogP) is 2.12. The fraction of sp³-hybridized carbons (Fsp3) is 0.429. The summed E-state index contributed by atoms with van der Waals surface area (Å²) in [6.45, 7) is 8.00. The number of piperazine rings is 1. The van der Waals surface area contributed by atoms with Gasteiger partial charge in [-0.25, -0.2) is 4.98 Å². The number of ether oxygens (including phenoxy) is 1. The number of carbonyl (C=O) groups excluding carboxylic acids is 1. The van der Waals surface area contributed by atoms with E-state index in [0.29, 0.717) is 29.0 Å². The molecule has 0 saturated carbocycles. The average molecular weight is 409 g/mol. The standard InChI is InChI=1S/C21H27N7O2/c1-12-10-28(11-13(2)23-12)17-7-6-15(19-16(17)9-22-21(25-19)30-5)20(29)24-18-8-14(3)27(4)26-18/h6-9,12-13,23H,10-11H2,1-5H3,(H,24,26,29). The molecule has 0 spiro atoms. The van der Waals surface area contributed by atoms with Crippen LogP contribution in [0.5, 0.6) is 6.01 Å². The molecule has 2 aromatic heterocycles. The average Bonchev–Trinajstić information content (AvgIpc) is 3.02. The number of aryl methyl sites for hydroxylation is 2. The Morgan fingerprint density at radius 3 is 2.63 bits per heavy atom. The zero-order chi connectivity index (χ0) is 21.4. The van der Waals surface area contributed by atoms with Gasteiger partial charge < -0.3 is 20.3 Å². The minimum Gasteiger partial charge on any atom is -0.467 e. The number of hydrogen-bond acceptors (Lipinski definition) is 7. The van der Waals surface area contributed by atoms with E-state index in [9.17, 15) is 4.79 Å². The van der Waals surface area contributed by atoms with Crippen LogP contribution in [0.2, 0.25) is 0 Å². The van der Waals surface area contributed by atoms with Crippen molar-refractivity contribution in [1.29, 1.82) is 0 Å². The summed E-state index contributed by atoms with van der Waals surface area (Å²) in [4.78, 5) is 24.2. The van der Waals surface area contributed by atoms with Gasteiger partial charge in [0, 0.05) is 61.3 Å². The molecule has 3 aromatic rings. The van der Waals surface area contributed by atoms with Gasteiger partial charge in [-0.05, 0) is 32.9 Å². The second-order valence-electron chi connectivity index (χ2n) is 7.87. The van der Waals surface area contributed by atoms with Crippen LogP contribution in [0.15, 0.2) is 24.4 Å². The van der Waals surface area contributed by atoms with Crippen molar-refractivity contribution in [3.8, 4) is 6.01 Å². The van der Waals surface area contributed by atoms with Crippen LogP contribution in [0.25, 0.3) is 10.9 Å². The molecule has 158 valence electrons. The Kier molecular flexibility index (Phi) is 5.29. The van der Waals surface area contributed by atoms with Crippen molar-refractivity contribution < 1.29 is 9.53 Å². The molecule has 2 atom stereocenters. The van der Waals surface area contributed by atoms with Crippen molar-refractivity contribution in [3.63, 3.8) is 0 Å². The van der Waals surface area contributed by atoms with Crippen LogP contribution in [0.1, 0.15) is 29.9 Å². The number of amides is 1. The van der Waals surface area contributed by atoms with Crippen molar-refractivity contribution in [2.75, 3.05) is 30.4 Å². The summed E-state index contributed by atoms with van der Waals surface area (Å²) in [6.07, 6.45) is 1.73. The molecule has 9 heteroatoms. The van der Waals surface area contributed by atoms with Crippen LogP contribution in [0.4, 0.5) is 11.5 Å². The van der Waals surface area contributed by atoms with Gasteiger partial charge in [0.25, 0.3) is 5.91 Å².